The van der Waals surface area contributed by atoms with Crippen molar-refractivity contribution < 1.29 is 4.42 Å². The average molecular weight is 676 g/mol. The molecule has 11 rings (SSSR count). The Morgan fingerprint density at radius 2 is 0.981 bits per heavy atom. The molecule has 2 nitrogen and oxygen atoms in total. The molecule has 8 aromatic carbocycles. The minimum atomic E-state index is -0.513. The van der Waals surface area contributed by atoms with E-state index < -0.39 is 5.41 Å². The van der Waals surface area contributed by atoms with Crippen molar-refractivity contribution in [3.05, 3.63) is 233 Å². The standard InChI is InChI=1S/C51H33NO/c1-4-16-33(17-5-1)50-38-28-29-46-49(42-30-34-18-10-11-19-35(34)31-47(42)53-46)41(38)32-45(52-50)48-39-24-12-14-26-43(39)51(36-20-6-2-7-21-36,37-22-8-3-9-23-37)44-27-15-13-25-40(44)48/h1-32,48H. The van der Waals surface area contributed by atoms with Crippen LogP contribution in [0.4, 0.5) is 0 Å². The van der Waals surface area contributed by atoms with Gasteiger partial charge in [0.1, 0.15) is 11.2 Å². The van der Waals surface area contributed by atoms with E-state index in [1.807, 2.05) is 0 Å². The third kappa shape index (κ3) is 4.36. The Labute approximate surface area is 307 Å². The number of furan rings is 1. The number of aromatic nitrogens is 1. The van der Waals surface area contributed by atoms with Crippen molar-refractivity contribution in [3.63, 3.8) is 0 Å². The van der Waals surface area contributed by atoms with Gasteiger partial charge in [-0.25, -0.2) is 0 Å². The predicted molar refractivity (Wildman–Crippen MR) is 218 cm³/mol. The summed E-state index contributed by atoms with van der Waals surface area (Å²) in [7, 11) is 0. The molecule has 2 heterocycles. The van der Waals surface area contributed by atoms with Crippen LogP contribution in [0.2, 0.25) is 0 Å². The van der Waals surface area contributed by atoms with Crippen LogP contribution in [0.25, 0.3) is 54.7 Å². The van der Waals surface area contributed by atoms with Crippen LogP contribution < -0.4 is 0 Å². The van der Waals surface area contributed by atoms with Crippen LogP contribution >= 0.6 is 0 Å². The summed E-state index contributed by atoms with van der Waals surface area (Å²) in [5.74, 6) is -0.107. The zero-order chi connectivity index (χ0) is 34.9. The molecule has 2 heteroatoms. The highest BCUT2D eigenvalue weighted by atomic mass is 16.3. The number of nitrogens with zero attached hydrogens (tertiary/aromatic N) is 1. The molecular formula is C51H33NO. The smallest absolute Gasteiger partial charge is 0.136 e. The second-order valence-electron chi connectivity index (χ2n) is 14.2. The van der Waals surface area contributed by atoms with Gasteiger partial charge >= 0.3 is 0 Å². The van der Waals surface area contributed by atoms with Crippen molar-refractivity contribution in [1.29, 1.82) is 0 Å². The maximum Gasteiger partial charge on any atom is 0.136 e. The summed E-state index contributed by atoms with van der Waals surface area (Å²) in [5, 5.41) is 6.89. The minimum Gasteiger partial charge on any atom is -0.456 e. The quantitative estimate of drug-likeness (QED) is 0.186. The van der Waals surface area contributed by atoms with Crippen molar-refractivity contribution in [3.8, 4) is 11.3 Å². The Hall–Kier alpha value is -6.77. The maximum absolute atomic E-state index is 6.62. The molecule has 0 radical (unpaired) electrons. The van der Waals surface area contributed by atoms with E-state index in [4.69, 9.17) is 9.40 Å². The fourth-order valence-electron chi connectivity index (χ4n) is 9.25. The van der Waals surface area contributed by atoms with Crippen LogP contribution in [0, 0.1) is 0 Å². The van der Waals surface area contributed by atoms with Crippen LogP contribution in [0.15, 0.2) is 199 Å². The van der Waals surface area contributed by atoms with E-state index in [1.165, 1.54) is 44.2 Å². The molecule has 0 fully saturated rings. The predicted octanol–water partition coefficient (Wildman–Crippen LogP) is 12.8. The Bertz CT molecular complexity index is 2910. The third-order valence-corrected chi connectivity index (χ3v) is 11.4. The first-order chi connectivity index (χ1) is 26.3. The van der Waals surface area contributed by atoms with E-state index in [2.05, 4.69) is 194 Å². The lowest BCUT2D eigenvalue weighted by molar-refractivity contribution is 0.669. The monoisotopic (exact) mass is 675 g/mol. The Morgan fingerprint density at radius 1 is 0.434 bits per heavy atom. The van der Waals surface area contributed by atoms with Crippen molar-refractivity contribution in [2.24, 2.45) is 0 Å². The first-order valence-electron chi connectivity index (χ1n) is 18.3. The van der Waals surface area contributed by atoms with E-state index in [0.717, 1.165) is 49.7 Å². The Kier molecular flexibility index (Phi) is 6.56. The first-order valence-corrected chi connectivity index (χ1v) is 18.3. The highest BCUT2D eigenvalue weighted by molar-refractivity contribution is 6.22. The topological polar surface area (TPSA) is 26.0 Å². The van der Waals surface area contributed by atoms with Crippen molar-refractivity contribution in [1.82, 2.24) is 4.98 Å². The van der Waals surface area contributed by atoms with Gasteiger partial charge in [-0.2, -0.15) is 0 Å². The second kappa shape index (κ2) is 11.6. The summed E-state index contributed by atoms with van der Waals surface area (Å²) < 4.78 is 6.62. The summed E-state index contributed by atoms with van der Waals surface area (Å²) >= 11 is 0. The van der Waals surface area contributed by atoms with E-state index in [9.17, 15) is 0 Å². The molecule has 0 bridgehead atoms. The summed E-state index contributed by atoms with van der Waals surface area (Å²) in [6.07, 6.45) is 0. The molecule has 0 saturated heterocycles. The van der Waals surface area contributed by atoms with Crippen LogP contribution in [-0.4, -0.2) is 4.98 Å². The Morgan fingerprint density at radius 3 is 1.62 bits per heavy atom. The summed E-state index contributed by atoms with van der Waals surface area (Å²) in [4.78, 5) is 5.68. The maximum atomic E-state index is 6.62. The number of hydrogen-bond acceptors (Lipinski definition) is 2. The zero-order valence-electron chi connectivity index (χ0n) is 28.9. The third-order valence-electron chi connectivity index (χ3n) is 11.4. The lowest BCUT2D eigenvalue weighted by atomic mass is 9.57. The van der Waals surface area contributed by atoms with E-state index in [0.29, 0.717) is 0 Å². The van der Waals surface area contributed by atoms with Gasteiger partial charge in [-0.1, -0.05) is 164 Å². The fraction of sp³-hybridized carbons (Fsp3) is 0.0392. The number of hydrogen-bond donors (Lipinski definition) is 0. The van der Waals surface area contributed by atoms with Crippen molar-refractivity contribution >= 4 is 43.5 Å². The van der Waals surface area contributed by atoms with Gasteiger partial charge in [-0.05, 0) is 79.9 Å². The van der Waals surface area contributed by atoms with Crippen LogP contribution in [0.5, 0.6) is 0 Å². The number of fused-ring (bicyclic) bond motifs is 8. The van der Waals surface area contributed by atoms with Gasteiger partial charge in [-0.3, -0.25) is 4.98 Å². The largest absolute Gasteiger partial charge is 0.456 e. The van der Waals surface area contributed by atoms with Gasteiger partial charge in [0, 0.05) is 21.7 Å². The van der Waals surface area contributed by atoms with Gasteiger partial charge in [0.05, 0.1) is 22.7 Å². The molecule has 1 aliphatic rings. The number of pyridine rings is 1. The molecular weight excluding hydrogens is 643 g/mol. The minimum absolute atomic E-state index is 0.107. The number of rotatable bonds is 4. The molecule has 0 spiro atoms. The van der Waals surface area contributed by atoms with E-state index in [-0.39, 0.29) is 5.92 Å². The molecule has 0 amide bonds. The molecule has 53 heavy (non-hydrogen) atoms. The van der Waals surface area contributed by atoms with Gasteiger partial charge in [0.2, 0.25) is 0 Å². The molecule has 0 atom stereocenters. The highest BCUT2D eigenvalue weighted by Crippen LogP contribution is 2.55. The van der Waals surface area contributed by atoms with E-state index in [1.54, 1.807) is 0 Å². The molecule has 1 aliphatic carbocycles. The average Bonchev–Trinajstić information content (AvgIpc) is 3.60. The van der Waals surface area contributed by atoms with Gasteiger partial charge in [0.25, 0.3) is 0 Å². The van der Waals surface area contributed by atoms with Gasteiger partial charge < -0.3 is 4.42 Å². The molecule has 2 aromatic heterocycles. The normalized spacial score (nSPS) is 13.7. The molecule has 0 aliphatic heterocycles. The second-order valence-corrected chi connectivity index (χ2v) is 14.2. The van der Waals surface area contributed by atoms with Gasteiger partial charge in [-0.15, -0.1) is 0 Å². The molecule has 248 valence electrons. The van der Waals surface area contributed by atoms with Crippen molar-refractivity contribution in [2.75, 3.05) is 0 Å². The zero-order valence-corrected chi connectivity index (χ0v) is 28.9. The first kappa shape index (κ1) is 29.9. The SMILES string of the molecule is c1ccc(-c2nc(C3c4ccccc4C(c4ccccc4)(c4ccccc4)c4ccccc43)cc3c2ccc2oc4cc5ccccc5cc4c23)cc1. The molecule has 0 unspecified atom stereocenters. The number of benzene rings is 8. The molecule has 0 saturated carbocycles. The Balaban J connectivity index is 1.26. The molecule has 0 N–H and O–H groups in total. The fourth-order valence-corrected chi connectivity index (χ4v) is 9.25. The van der Waals surface area contributed by atoms with Crippen LogP contribution in [-0.2, 0) is 5.41 Å². The summed E-state index contributed by atoms with van der Waals surface area (Å²) in [5.41, 5.74) is 12.0. The highest BCUT2D eigenvalue weighted by Gasteiger charge is 2.47. The van der Waals surface area contributed by atoms with Crippen molar-refractivity contribution in [2.45, 2.75) is 11.3 Å². The lowest BCUT2D eigenvalue weighted by Gasteiger charge is -2.45. The summed E-state index contributed by atoms with van der Waals surface area (Å²) in [6, 6.07) is 70.4. The molecule has 10 aromatic rings. The van der Waals surface area contributed by atoms with Crippen LogP contribution in [0.1, 0.15) is 45.0 Å². The van der Waals surface area contributed by atoms with Gasteiger partial charge in [0.15, 0.2) is 0 Å². The lowest BCUT2D eigenvalue weighted by Crippen LogP contribution is -2.37. The van der Waals surface area contributed by atoms with Crippen LogP contribution in [0.3, 0.4) is 0 Å². The summed E-state index contributed by atoms with van der Waals surface area (Å²) in [6.45, 7) is 0. The van der Waals surface area contributed by atoms with E-state index >= 15 is 0 Å².